The second-order valence-corrected chi connectivity index (χ2v) is 4.66. The lowest BCUT2D eigenvalue weighted by Gasteiger charge is -2.32. The quantitative estimate of drug-likeness (QED) is 0.835. The van der Waals surface area contributed by atoms with Crippen molar-refractivity contribution in [1.82, 2.24) is 4.98 Å². The number of aliphatic hydroxyl groups is 1. The van der Waals surface area contributed by atoms with Crippen LogP contribution in [-0.2, 0) is 0 Å². The van der Waals surface area contributed by atoms with Gasteiger partial charge in [0.1, 0.15) is 17.6 Å². The minimum Gasteiger partial charge on any atom is -0.388 e. The lowest BCUT2D eigenvalue weighted by molar-refractivity contribution is 0.0166. The Morgan fingerprint density at radius 1 is 1.35 bits per heavy atom. The first kappa shape index (κ1) is 11.9. The zero-order valence-corrected chi connectivity index (χ0v) is 9.82. The van der Waals surface area contributed by atoms with Crippen LogP contribution in [0.25, 0.3) is 0 Å². The summed E-state index contributed by atoms with van der Waals surface area (Å²) in [4.78, 5) is 4.12. The van der Waals surface area contributed by atoms with Gasteiger partial charge in [0.05, 0.1) is 5.60 Å². The van der Waals surface area contributed by atoms with Gasteiger partial charge in [0.2, 0.25) is 0 Å². The maximum atomic E-state index is 10.3. The van der Waals surface area contributed by atoms with Gasteiger partial charge in [-0.1, -0.05) is 25.3 Å². The Balaban J connectivity index is 1.95. The van der Waals surface area contributed by atoms with Gasteiger partial charge in [-0.05, 0) is 25.0 Å². The van der Waals surface area contributed by atoms with Gasteiger partial charge in [0, 0.05) is 6.54 Å². The van der Waals surface area contributed by atoms with Crippen molar-refractivity contribution in [2.75, 3.05) is 11.9 Å². The molecule has 1 fully saturated rings. The molecular formula is C13H17N3O. The summed E-state index contributed by atoms with van der Waals surface area (Å²) in [6.07, 6.45) is 5.08. The highest BCUT2D eigenvalue weighted by molar-refractivity contribution is 5.38. The van der Waals surface area contributed by atoms with Crippen molar-refractivity contribution in [3.05, 3.63) is 23.9 Å². The number of rotatable bonds is 3. The number of aromatic nitrogens is 1. The van der Waals surface area contributed by atoms with Gasteiger partial charge < -0.3 is 10.4 Å². The highest BCUT2D eigenvalue weighted by Gasteiger charge is 2.28. The van der Waals surface area contributed by atoms with Crippen LogP contribution in [0.15, 0.2) is 18.2 Å². The fourth-order valence-corrected chi connectivity index (χ4v) is 2.24. The van der Waals surface area contributed by atoms with E-state index in [9.17, 15) is 5.11 Å². The lowest BCUT2D eigenvalue weighted by atomic mass is 9.85. The molecule has 1 aliphatic rings. The molecule has 1 saturated carbocycles. The van der Waals surface area contributed by atoms with E-state index < -0.39 is 5.60 Å². The summed E-state index contributed by atoms with van der Waals surface area (Å²) < 4.78 is 0. The van der Waals surface area contributed by atoms with Gasteiger partial charge in [-0.3, -0.25) is 0 Å². The third kappa shape index (κ3) is 3.18. The molecule has 0 unspecified atom stereocenters. The average Bonchev–Trinajstić information content (AvgIpc) is 2.38. The van der Waals surface area contributed by atoms with Crippen LogP contribution in [0.4, 0.5) is 5.82 Å². The molecule has 0 bridgehead atoms. The molecule has 0 atom stereocenters. The summed E-state index contributed by atoms with van der Waals surface area (Å²) in [6, 6.07) is 7.27. The molecule has 17 heavy (non-hydrogen) atoms. The molecular weight excluding hydrogens is 214 g/mol. The first-order chi connectivity index (χ1) is 8.22. The van der Waals surface area contributed by atoms with E-state index in [2.05, 4.69) is 10.3 Å². The normalized spacial score (nSPS) is 18.4. The van der Waals surface area contributed by atoms with Crippen LogP contribution in [0, 0.1) is 11.3 Å². The molecule has 0 saturated heterocycles. The van der Waals surface area contributed by atoms with Gasteiger partial charge in [-0.25, -0.2) is 4.98 Å². The Morgan fingerprint density at radius 3 is 2.82 bits per heavy atom. The summed E-state index contributed by atoms with van der Waals surface area (Å²) in [5.41, 5.74) is -0.214. The van der Waals surface area contributed by atoms with E-state index in [4.69, 9.17) is 5.26 Å². The van der Waals surface area contributed by atoms with Crippen LogP contribution < -0.4 is 5.32 Å². The van der Waals surface area contributed by atoms with E-state index in [-0.39, 0.29) is 0 Å². The topological polar surface area (TPSA) is 68.9 Å². The molecule has 1 heterocycles. The summed E-state index contributed by atoms with van der Waals surface area (Å²) in [7, 11) is 0. The van der Waals surface area contributed by atoms with Crippen molar-refractivity contribution in [3.8, 4) is 6.07 Å². The Hall–Kier alpha value is -1.60. The molecule has 0 aliphatic heterocycles. The summed E-state index contributed by atoms with van der Waals surface area (Å²) >= 11 is 0. The zero-order valence-electron chi connectivity index (χ0n) is 9.82. The van der Waals surface area contributed by atoms with Crippen LogP contribution in [0.2, 0.25) is 0 Å². The minimum atomic E-state index is -0.609. The van der Waals surface area contributed by atoms with Crippen molar-refractivity contribution >= 4 is 5.82 Å². The number of anilines is 1. The lowest BCUT2D eigenvalue weighted by Crippen LogP contribution is -2.38. The van der Waals surface area contributed by atoms with Crippen LogP contribution in [0.1, 0.15) is 37.8 Å². The van der Waals surface area contributed by atoms with Crippen molar-refractivity contribution < 1.29 is 5.11 Å². The fourth-order valence-electron chi connectivity index (χ4n) is 2.24. The smallest absolute Gasteiger partial charge is 0.142 e. The fraction of sp³-hybridized carbons (Fsp3) is 0.538. The SMILES string of the molecule is N#Cc1cccc(NCC2(O)CCCCC2)n1. The van der Waals surface area contributed by atoms with Crippen molar-refractivity contribution in [3.63, 3.8) is 0 Å². The molecule has 1 aromatic heterocycles. The zero-order chi connectivity index (χ0) is 12.1. The van der Waals surface area contributed by atoms with Gasteiger partial charge in [0.25, 0.3) is 0 Å². The van der Waals surface area contributed by atoms with E-state index in [1.807, 2.05) is 12.1 Å². The maximum Gasteiger partial charge on any atom is 0.142 e. The molecule has 0 radical (unpaired) electrons. The highest BCUT2D eigenvalue weighted by atomic mass is 16.3. The second-order valence-electron chi connectivity index (χ2n) is 4.66. The Kier molecular flexibility index (Phi) is 3.60. The molecule has 0 amide bonds. The first-order valence-corrected chi connectivity index (χ1v) is 6.05. The van der Waals surface area contributed by atoms with Crippen LogP contribution >= 0.6 is 0 Å². The molecule has 1 aromatic rings. The van der Waals surface area contributed by atoms with Crippen LogP contribution in [-0.4, -0.2) is 22.2 Å². The second kappa shape index (κ2) is 5.15. The molecule has 0 aromatic carbocycles. The van der Waals surface area contributed by atoms with Gasteiger partial charge >= 0.3 is 0 Å². The van der Waals surface area contributed by atoms with Gasteiger partial charge in [-0.2, -0.15) is 5.26 Å². The molecule has 1 aliphatic carbocycles. The van der Waals surface area contributed by atoms with Crippen molar-refractivity contribution in [2.45, 2.75) is 37.7 Å². The van der Waals surface area contributed by atoms with Crippen LogP contribution in [0.3, 0.4) is 0 Å². The van der Waals surface area contributed by atoms with Crippen LogP contribution in [0.5, 0.6) is 0 Å². The Morgan fingerprint density at radius 2 is 2.12 bits per heavy atom. The minimum absolute atomic E-state index is 0.394. The molecule has 2 N–H and O–H groups in total. The maximum absolute atomic E-state index is 10.3. The van der Waals surface area contributed by atoms with Crippen molar-refractivity contribution in [2.24, 2.45) is 0 Å². The molecule has 0 spiro atoms. The Bertz CT molecular complexity index is 419. The number of hydrogen-bond acceptors (Lipinski definition) is 4. The largest absolute Gasteiger partial charge is 0.388 e. The number of pyridine rings is 1. The standard InChI is InChI=1S/C13H17N3O/c14-9-11-5-4-6-12(16-11)15-10-13(17)7-2-1-3-8-13/h4-6,17H,1-3,7-8,10H2,(H,15,16). The van der Waals surface area contributed by atoms with E-state index in [0.29, 0.717) is 18.1 Å². The monoisotopic (exact) mass is 231 g/mol. The molecule has 4 heteroatoms. The third-order valence-electron chi connectivity index (χ3n) is 3.25. The predicted molar refractivity (Wildman–Crippen MR) is 65.5 cm³/mol. The summed E-state index contributed by atoms with van der Waals surface area (Å²) in [5, 5.41) is 22.2. The van der Waals surface area contributed by atoms with E-state index >= 15 is 0 Å². The number of hydrogen-bond donors (Lipinski definition) is 2. The number of nitrogens with zero attached hydrogens (tertiary/aromatic N) is 2. The van der Waals surface area contributed by atoms with Gasteiger partial charge in [0.15, 0.2) is 0 Å². The third-order valence-corrected chi connectivity index (χ3v) is 3.25. The average molecular weight is 231 g/mol. The van der Waals surface area contributed by atoms with E-state index in [1.54, 1.807) is 12.1 Å². The van der Waals surface area contributed by atoms with E-state index in [0.717, 1.165) is 25.7 Å². The van der Waals surface area contributed by atoms with Crippen molar-refractivity contribution in [1.29, 1.82) is 5.26 Å². The van der Waals surface area contributed by atoms with Gasteiger partial charge in [-0.15, -0.1) is 0 Å². The highest BCUT2D eigenvalue weighted by Crippen LogP contribution is 2.28. The molecule has 90 valence electrons. The molecule has 4 nitrogen and oxygen atoms in total. The van der Waals surface area contributed by atoms with E-state index in [1.165, 1.54) is 6.42 Å². The molecule has 2 rings (SSSR count). The Labute approximate surface area is 101 Å². The predicted octanol–water partition coefficient (Wildman–Crippen LogP) is 2.06. The number of nitrogens with one attached hydrogen (secondary N) is 1. The summed E-state index contributed by atoms with van der Waals surface area (Å²) in [6.45, 7) is 0.509. The number of nitriles is 1. The summed E-state index contributed by atoms with van der Waals surface area (Å²) in [5.74, 6) is 0.656. The first-order valence-electron chi connectivity index (χ1n) is 6.05.